The molecule has 19 heavy (non-hydrogen) atoms. The summed E-state index contributed by atoms with van der Waals surface area (Å²) in [4.78, 5) is 14.9. The van der Waals surface area contributed by atoms with Gasteiger partial charge in [0, 0.05) is 39.3 Å². The van der Waals surface area contributed by atoms with Gasteiger partial charge in [0.2, 0.25) is 0 Å². The van der Waals surface area contributed by atoms with Gasteiger partial charge in [0.05, 0.1) is 0 Å². The van der Waals surface area contributed by atoms with Crippen molar-refractivity contribution < 1.29 is 0 Å². The maximum absolute atomic E-state index is 8.94. The molecule has 2 heterocycles. The molecule has 0 aromatic carbocycles. The Morgan fingerprint density at radius 3 is 2.58 bits per heavy atom. The number of piperazine rings is 1. The van der Waals surface area contributed by atoms with E-state index in [1.165, 1.54) is 4.90 Å². The highest BCUT2D eigenvalue weighted by Crippen LogP contribution is 2.19. The highest BCUT2D eigenvalue weighted by atomic mass is 15.3. The van der Waals surface area contributed by atoms with Gasteiger partial charge in [0.1, 0.15) is 17.5 Å². The van der Waals surface area contributed by atoms with Crippen molar-refractivity contribution in [2.24, 2.45) is 0 Å². The predicted molar refractivity (Wildman–Crippen MR) is 75.1 cm³/mol. The molecule has 0 N–H and O–H groups in total. The Labute approximate surface area is 114 Å². The lowest BCUT2D eigenvalue weighted by molar-refractivity contribution is 0.270. The molecule has 0 spiro atoms. The molecule has 2 rings (SSSR count). The second kappa shape index (κ2) is 5.85. The van der Waals surface area contributed by atoms with Gasteiger partial charge in [-0.2, -0.15) is 5.26 Å². The molecule has 1 aromatic rings. The number of aromatic nitrogens is 2. The molecular weight excluding hydrogens is 240 g/mol. The van der Waals surface area contributed by atoms with E-state index in [1.807, 2.05) is 13.0 Å². The number of anilines is 2. The Morgan fingerprint density at radius 1 is 1.32 bits per heavy atom. The largest absolute Gasteiger partial charge is 0.354 e. The minimum Gasteiger partial charge on any atom is -0.354 e. The summed E-state index contributed by atoms with van der Waals surface area (Å²) in [6.45, 7) is 9.20. The quantitative estimate of drug-likeness (QED) is 0.593. The van der Waals surface area contributed by atoms with Crippen LogP contribution in [0, 0.1) is 18.4 Å². The van der Waals surface area contributed by atoms with Crippen LogP contribution >= 0.6 is 0 Å². The Morgan fingerprint density at radius 2 is 2.00 bits per heavy atom. The number of hydrogen-bond donors (Lipinski definition) is 0. The summed E-state index contributed by atoms with van der Waals surface area (Å²) in [5.74, 6) is 2.27. The molecule has 1 fully saturated rings. The number of nitrogens with zero attached hydrogens (tertiary/aromatic N) is 6. The molecule has 6 nitrogen and oxygen atoms in total. The maximum atomic E-state index is 8.94. The molecule has 1 aliphatic rings. The number of rotatable bonds is 3. The van der Waals surface area contributed by atoms with Crippen molar-refractivity contribution in [3.63, 3.8) is 0 Å². The topological polar surface area (TPSA) is 59.3 Å². The first-order valence-electron chi connectivity index (χ1n) is 6.60. The summed E-state index contributed by atoms with van der Waals surface area (Å²) in [5.41, 5.74) is 0. The monoisotopic (exact) mass is 260 g/mol. The van der Waals surface area contributed by atoms with Gasteiger partial charge in [-0.15, -0.1) is 0 Å². The molecule has 0 bridgehead atoms. The van der Waals surface area contributed by atoms with E-state index < -0.39 is 0 Å². The molecule has 1 aromatic heterocycles. The first-order chi connectivity index (χ1) is 9.13. The number of nitriles is 1. The van der Waals surface area contributed by atoms with Crippen LogP contribution in [0.3, 0.4) is 0 Å². The third-order valence-electron chi connectivity index (χ3n) is 3.45. The van der Waals surface area contributed by atoms with Crippen LogP contribution in [0.5, 0.6) is 0 Å². The molecule has 0 amide bonds. The zero-order valence-corrected chi connectivity index (χ0v) is 11.8. The van der Waals surface area contributed by atoms with Gasteiger partial charge in [-0.05, 0) is 13.5 Å². The van der Waals surface area contributed by atoms with E-state index in [1.54, 1.807) is 7.05 Å². The molecule has 1 saturated heterocycles. The Hall–Kier alpha value is -1.87. The first kappa shape index (κ1) is 13.6. The Balaban J connectivity index is 2.17. The molecule has 102 valence electrons. The van der Waals surface area contributed by atoms with Crippen LogP contribution in [0.25, 0.3) is 0 Å². The zero-order chi connectivity index (χ0) is 13.8. The van der Waals surface area contributed by atoms with Crippen molar-refractivity contribution >= 4 is 11.6 Å². The number of hydrogen-bond acceptors (Lipinski definition) is 6. The van der Waals surface area contributed by atoms with Gasteiger partial charge in [-0.1, -0.05) is 6.92 Å². The predicted octanol–water partition coefficient (Wildman–Crippen LogP) is 0.844. The molecule has 0 radical (unpaired) electrons. The summed E-state index contributed by atoms with van der Waals surface area (Å²) in [5, 5.41) is 8.94. The average Bonchev–Trinajstić information content (AvgIpc) is 2.45. The van der Waals surface area contributed by atoms with Crippen molar-refractivity contribution in [1.82, 2.24) is 14.9 Å². The number of aryl methyl sites for hydroxylation is 1. The Bertz CT molecular complexity index is 473. The van der Waals surface area contributed by atoms with Crippen LogP contribution in [0.1, 0.15) is 12.7 Å². The summed E-state index contributed by atoms with van der Waals surface area (Å²) in [6, 6.07) is 1.89. The van der Waals surface area contributed by atoms with Crippen LogP contribution in [-0.4, -0.2) is 54.6 Å². The van der Waals surface area contributed by atoms with Gasteiger partial charge in [0.15, 0.2) is 6.19 Å². The minimum absolute atomic E-state index is 0.655. The molecule has 0 saturated carbocycles. The van der Waals surface area contributed by atoms with Gasteiger partial charge in [-0.3, -0.25) is 4.90 Å². The van der Waals surface area contributed by atoms with Crippen molar-refractivity contribution in [2.45, 2.75) is 13.8 Å². The molecule has 1 aliphatic heterocycles. The lowest BCUT2D eigenvalue weighted by Gasteiger charge is -2.35. The normalized spacial score (nSPS) is 16.2. The molecule has 0 unspecified atom stereocenters. The maximum Gasteiger partial charge on any atom is 0.185 e. The average molecular weight is 260 g/mol. The summed E-state index contributed by atoms with van der Waals surface area (Å²) >= 11 is 0. The molecule has 6 heteroatoms. The van der Waals surface area contributed by atoms with Crippen LogP contribution in [0.2, 0.25) is 0 Å². The van der Waals surface area contributed by atoms with Crippen LogP contribution in [-0.2, 0) is 0 Å². The van der Waals surface area contributed by atoms with E-state index in [9.17, 15) is 0 Å². The molecular formula is C13H20N6. The van der Waals surface area contributed by atoms with Crippen LogP contribution < -0.4 is 9.80 Å². The van der Waals surface area contributed by atoms with Crippen LogP contribution in [0.15, 0.2) is 6.07 Å². The van der Waals surface area contributed by atoms with E-state index >= 15 is 0 Å². The van der Waals surface area contributed by atoms with E-state index in [0.29, 0.717) is 11.6 Å². The van der Waals surface area contributed by atoms with Crippen molar-refractivity contribution in [3.8, 4) is 6.19 Å². The smallest absolute Gasteiger partial charge is 0.185 e. The van der Waals surface area contributed by atoms with Crippen molar-refractivity contribution in [1.29, 1.82) is 5.26 Å². The second-order valence-electron chi connectivity index (χ2n) is 4.71. The summed E-state index contributed by atoms with van der Waals surface area (Å²) in [7, 11) is 1.71. The summed E-state index contributed by atoms with van der Waals surface area (Å²) < 4.78 is 0. The van der Waals surface area contributed by atoms with Crippen molar-refractivity contribution in [3.05, 3.63) is 11.9 Å². The third-order valence-corrected chi connectivity index (χ3v) is 3.45. The van der Waals surface area contributed by atoms with Gasteiger partial charge >= 0.3 is 0 Å². The fourth-order valence-electron chi connectivity index (χ4n) is 2.21. The molecule has 0 aliphatic carbocycles. The van der Waals surface area contributed by atoms with E-state index in [2.05, 4.69) is 32.9 Å². The number of likely N-dealkylation sites (N-methyl/N-ethyl adjacent to an activating group) is 1. The van der Waals surface area contributed by atoms with Gasteiger partial charge in [0.25, 0.3) is 0 Å². The standard InChI is InChI=1S/C13H20N6/c1-4-18-5-7-19(8-6-18)13-9-12(17(3)10-14)15-11(2)16-13/h9H,4-8H2,1-3H3. The first-order valence-corrected chi connectivity index (χ1v) is 6.60. The fraction of sp³-hybridized carbons (Fsp3) is 0.615. The SMILES string of the molecule is CCN1CCN(c2cc(N(C)C#N)nc(C)n2)CC1. The Kier molecular flexibility index (Phi) is 4.17. The second-order valence-corrected chi connectivity index (χ2v) is 4.71. The lowest BCUT2D eigenvalue weighted by atomic mass is 10.3. The highest BCUT2D eigenvalue weighted by molar-refractivity contribution is 5.52. The van der Waals surface area contributed by atoms with Crippen molar-refractivity contribution in [2.75, 3.05) is 49.6 Å². The van der Waals surface area contributed by atoms with E-state index in [4.69, 9.17) is 5.26 Å². The third kappa shape index (κ3) is 3.12. The molecule has 0 atom stereocenters. The summed E-state index contributed by atoms with van der Waals surface area (Å²) in [6.07, 6.45) is 2.07. The highest BCUT2D eigenvalue weighted by Gasteiger charge is 2.18. The van der Waals surface area contributed by atoms with Crippen LogP contribution in [0.4, 0.5) is 11.6 Å². The van der Waals surface area contributed by atoms with E-state index in [0.717, 1.165) is 38.5 Å². The minimum atomic E-state index is 0.655. The zero-order valence-electron chi connectivity index (χ0n) is 11.8. The van der Waals surface area contributed by atoms with E-state index in [-0.39, 0.29) is 0 Å². The van der Waals surface area contributed by atoms with Gasteiger partial charge in [-0.25, -0.2) is 9.97 Å². The lowest BCUT2D eigenvalue weighted by Crippen LogP contribution is -2.46. The van der Waals surface area contributed by atoms with Gasteiger partial charge < -0.3 is 9.80 Å². The fourth-order valence-corrected chi connectivity index (χ4v) is 2.21.